The summed E-state index contributed by atoms with van der Waals surface area (Å²) in [7, 11) is 1.53. The highest BCUT2D eigenvalue weighted by Gasteiger charge is 2.30. The number of hydrogen-bond donors (Lipinski definition) is 2. The summed E-state index contributed by atoms with van der Waals surface area (Å²) >= 11 is 0. The van der Waals surface area contributed by atoms with Crippen molar-refractivity contribution in [1.82, 2.24) is 5.32 Å². The molecule has 0 aliphatic heterocycles. The molecule has 494 valence electrons. The molecule has 0 bridgehead atoms. The quantitative estimate of drug-likeness (QED) is 0.0205. The van der Waals surface area contributed by atoms with Crippen LogP contribution in [0.25, 0.3) is 0 Å². The van der Waals surface area contributed by atoms with Gasteiger partial charge in [0.1, 0.15) is 19.3 Å². The Hall–Kier alpha value is -1.25. The largest absolute Gasteiger partial charge is 0.472 e. The molecular weight excluding hydrogens is 1050 g/mol. The molecule has 0 saturated heterocycles. The average molecular weight is 1190 g/mol. The van der Waals surface area contributed by atoms with E-state index in [9.17, 15) is 19.0 Å². The summed E-state index contributed by atoms with van der Waals surface area (Å²) in [6.07, 6.45) is 76.6. The summed E-state index contributed by atoms with van der Waals surface area (Å²) in [5, 5.41) is 3.09. The maximum Gasteiger partial charge on any atom is 0.472 e. The van der Waals surface area contributed by atoms with Gasteiger partial charge in [0.05, 0.1) is 33.8 Å². The van der Waals surface area contributed by atoms with Gasteiger partial charge in [-0.25, -0.2) is 4.57 Å². The van der Waals surface area contributed by atoms with Gasteiger partial charge in [-0.3, -0.25) is 18.6 Å². The van der Waals surface area contributed by atoms with Crippen LogP contribution in [-0.4, -0.2) is 74.3 Å². The normalized spacial score (nSPS) is 13.5. The highest BCUT2D eigenvalue weighted by molar-refractivity contribution is 7.47. The van der Waals surface area contributed by atoms with Gasteiger partial charge in [0, 0.05) is 12.8 Å². The van der Waals surface area contributed by atoms with Crippen molar-refractivity contribution < 1.29 is 37.3 Å². The van der Waals surface area contributed by atoms with Gasteiger partial charge in [-0.1, -0.05) is 361 Å². The molecule has 0 saturated carbocycles. The fourth-order valence-electron chi connectivity index (χ4n) is 11.5. The highest BCUT2D eigenvalue weighted by atomic mass is 31.2. The first-order valence-electron chi connectivity index (χ1n) is 37.0. The summed E-state index contributed by atoms with van der Waals surface area (Å²) in [4.78, 5) is 37.9. The molecule has 0 fully saturated rings. The minimum absolute atomic E-state index is 0.0462. The Kier molecular flexibility index (Phi) is 62.8. The van der Waals surface area contributed by atoms with Crippen molar-refractivity contribution in [1.29, 1.82) is 0 Å². The van der Waals surface area contributed by atoms with E-state index in [1.54, 1.807) is 0 Å². The molecule has 3 atom stereocenters. The summed E-state index contributed by atoms with van der Waals surface area (Å²) in [6, 6.07) is -0.841. The van der Waals surface area contributed by atoms with Gasteiger partial charge in [0.25, 0.3) is 0 Å². The lowest BCUT2D eigenvalue weighted by molar-refractivity contribution is -0.870. The highest BCUT2D eigenvalue weighted by Crippen LogP contribution is 2.43. The minimum atomic E-state index is -4.45. The third kappa shape index (κ3) is 65.0. The van der Waals surface area contributed by atoms with Crippen LogP contribution in [0.2, 0.25) is 0 Å². The number of amides is 1. The second-order valence-electron chi connectivity index (χ2n) is 26.8. The SMILES string of the molecule is CCCCCCCCCCCCC/C=C/C(OC(=O)CCCCCCCCCCCCCCCCCCCCCCCCC)C(COP(=O)(O)OCC[N+](C)(C)C)NC(=O)CCCCCCCCCCCCCCCCCCCCCCC. The Labute approximate surface area is 518 Å². The number of carbonyl (C=O) groups excluding carboxylic acids is 2. The molecule has 83 heavy (non-hydrogen) atoms. The minimum Gasteiger partial charge on any atom is -0.456 e. The first-order chi connectivity index (χ1) is 40.4. The Morgan fingerprint density at radius 3 is 0.988 bits per heavy atom. The lowest BCUT2D eigenvalue weighted by atomic mass is 10.0. The number of phosphoric acid groups is 1. The molecule has 0 heterocycles. The van der Waals surface area contributed by atoms with Crippen LogP contribution in [0.5, 0.6) is 0 Å². The zero-order valence-corrected chi connectivity index (χ0v) is 57.6. The number of hydrogen-bond acceptors (Lipinski definition) is 6. The van der Waals surface area contributed by atoms with Crippen molar-refractivity contribution >= 4 is 19.7 Å². The van der Waals surface area contributed by atoms with Crippen LogP contribution in [0.4, 0.5) is 0 Å². The average Bonchev–Trinajstić information content (AvgIpc) is 3.47. The second-order valence-corrected chi connectivity index (χ2v) is 28.3. The van der Waals surface area contributed by atoms with Gasteiger partial charge in [-0.2, -0.15) is 0 Å². The molecule has 2 N–H and O–H groups in total. The number of likely N-dealkylation sites (N-methyl/N-ethyl adjacent to an activating group) is 1. The summed E-state index contributed by atoms with van der Waals surface area (Å²) in [6.45, 7) is 7.10. The number of allylic oxidation sites excluding steroid dienone is 1. The first-order valence-corrected chi connectivity index (χ1v) is 38.5. The van der Waals surface area contributed by atoms with E-state index >= 15 is 0 Å². The monoisotopic (exact) mass is 1190 g/mol. The summed E-state index contributed by atoms with van der Waals surface area (Å²) in [5.41, 5.74) is 0. The Morgan fingerprint density at radius 1 is 0.410 bits per heavy atom. The van der Waals surface area contributed by atoms with E-state index < -0.39 is 20.0 Å². The summed E-state index contributed by atoms with van der Waals surface area (Å²) in [5.74, 6) is -0.474. The van der Waals surface area contributed by atoms with Crippen LogP contribution in [0.3, 0.4) is 0 Å². The van der Waals surface area contributed by atoms with Crippen LogP contribution >= 0.6 is 7.82 Å². The van der Waals surface area contributed by atoms with Crippen LogP contribution in [0, 0.1) is 0 Å². The number of phosphoric ester groups is 1. The van der Waals surface area contributed by atoms with E-state index in [0.717, 1.165) is 57.8 Å². The van der Waals surface area contributed by atoms with E-state index in [1.807, 2.05) is 27.2 Å². The van der Waals surface area contributed by atoms with Crippen molar-refractivity contribution in [2.75, 3.05) is 40.9 Å². The van der Waals surface area contributed by atoms with Crippen molar-refractivity contribution in [3.63, 3.8) is 0 Å². The molecular formula is C73H146N2O7P+. The number of unbranched alkanes of at least 4 members (excludes halogenated alkanes) is 53. The van der Waals surface area contributed by atoms with E-state index in [2.05, 4.69) is 32.2 Å². The number of rotatable bonds is 69. The Bertz CT molecular complexity index is 1420. The zero-order chi connectivity index (χ0) is 60.7. The molecule has 0 aromatic heterocycles. The van der Waals surface area contributed by atoms with Crippen molar-refractivity contribution in [3.8, 4) is 0 Å². The number of nitrogens with zero attached hydrogens (tertiary/aromatic N) is 1. The zero-order valence-electron chi connectivity index (χ0n) is 56.7. The third-order valence-corrected chi connectivity index (χ3v) is 18.2. The van der Waals surface area contributed by atoms with E-state index in [4.69, 9.17) is 13.8 Å². The number of nitrogens with one attached hydrogen (secondary N) is 1. The van der Waals surface area contributed by atoms with Crippen LogP contribution < -0.4 is 5.32 Å². The lowest BCUT2D eigenvalue weighted by Gasteiger charge is -2.27. The number of quaternary nitrogens is 1. The van der Waals surface area contributed by atoms with Crippen LogP contribution in [-0.2, 0) is 27.9 Å². The molecule has 0 aliphatic carbocycles. The molecule has 10 heteroatoms. The predicted octanol–water partition coefficient (Wildman–Crippen LogP) is 23.5. The third-order valence-electron chi connectivity index (χ3n) is 17.2. The summed E-state index contributed by atoms with van der Waals surface area (Å²) < 4.78 is 30.9. The van der Waals surface area contributed by atoms with Crippen molar-refractivity contribution in [2.24, 2.45) is 0 Å². The van der Waals surface area contributed by atoms with Gasteiger partial charge >= 0.3 is 13.8 Å². The van der Waals surface area contributed by atoms with Crippen molar-refractivity contribution in [2.45, 2.75) is 405 Å². The number of carbonyl (C=O) groups is 2. The van der Waals surface area contributed by atoms with Gasteiger partial charge in [0.2, 0.25) is 5.91 Å². The fourth-order valence-corrected chi connectivity index (χ4v) is 12.3. The van der Waals surface area contributed by atoms with Gasteiger partial charge in [-0.05, 0) is 31.8 Å². The molecule has 0 rings (SSSR count). The van der Waals surface area contributed by atoms with E-state index in [-0.39, 0.29) is 25.1 Å². The van der Waals surface area contributed by atoms with Crippen LogP contribution in [0.15, 0.2) is 12.2 Å². The second kappa shape index (κ2) is 63.8. The number of esters is 1. The maximum absolute atomic E-state index is 13.6. The smallest absolute Gasteiger partial charge is 0.456 e. The Balaban J connectivity index is 5.03. The first kappa shape index (κ1) is 81.8. The molecule has 1 amide bonds. The van der Waals surface area contributed by atoms with E-state index in [0.29, 0.717) is 23.9 Å². The molecule has 0 spiro atoms. The Morgan fingerprint density at radius 2 is 0.687 bits per heavy atom. The molecule has 0 aromatic rings. The molecule has 0 aliphatic rings. The molecule has 0 radical (unpaired) electrons. The molecule has 0 aromatic carbocycles. The maximum atomic E-state index is 13.6. The predicted molar refractivity (Wildman–Crippen MR) is 360 cm³/mol. The van der Waals surface area contributed by atoms with Crippen LogP contribution in [0.1, 0.15) is 393 Å². The molecule has 3 unspecified atom stereocenters. The molecule has 9 nitrogen and oxygen atoms in total. The van der Waals surface area contributed by atoms with Gasteiger partial charge in [0.15, 0.2) is 0 Å². The van der Waals surface area contributed by atoms with Gasteiger partial charge in [-0.15, -0.1) is 0 Å². The standard InChI is InChI=1S/C73H145N2O7P/c1-7-10-13-16-19-22-25-28-30-32-34-36-37-39-41-43-45-48-51-54-57-60-63-66-73(77)82-71(64-61-58-55-52-49-46-27-24-21-18-15-12-9-3)70(69-81-83(78,79)80-68-67-75(4,5)6)74-72(76)65-62-59-56-53-50-47-44-42-40-38-35-33-31-29-26-23-20-17-14-11-8-2/h61,64,70-71H,7-60,62-63,65-69H2,1-6H3,(H-,74,76,78,79)/p+1/b64-61+. The van der Waals surface area contributed by atoms with Gasteiger partial charge < -0.3 is 19.4 Å². The number of ether oxygens (including phenoxy) is 1. The van der Waals surface area contributed by atoms with Crippen molar-refractivity contribution in [3.05, 3.63) is 12.2 Å². The van der Waals surface area contributed by atoms with E-state index in [1.165, 1.54) is 302 Å². The fraction of sp³-hybridized carbons (Fsp3) is 0.945. The topological polar surface area (TPSA) is 111 Å². The lowest BCUT2D eigenvalue weighted by Crippen LogP contribution is -2.47.